The van der Waals surface area contributed by atoms with Gasteiger partial charge in [0.2, 0.25) is 0 Å². The Balaban J connectivity index is 1.65. The predicted molar refractivity (Wildman–Crippen MR) is 75.8 cm³/mol. The van der Waals surface area contributed by atoms with Gasteiger partial charge >= 0.3 is 5.97 Å². The highest BCUT2D eigenvalue weighted by atomic mass is 32.1. The summed E-state index contributed by atoms with van der Waals surface area (Å²) < 4.78 is 0. The van der Waals surface area contributed by atoms with E-state index in [1.807, 2.05) is 18.2 Å². The normalized spacial score (nSPS) is 10.5. The van der Waals surface area contributed by atoms with Gasteiger partial charge in [-0.3, -0.25) is 0 Å². The van der Waals surface area contributed by atoms with Crippen LogP contribution in [-0.4, -0.2) is 29.1 Å². The van der Waals surface area contributed by atoms with E-state index in [-0.39, 0.29) is 5.69 Å². The Labute approximate surface area is 116 Å². The number of benzene rings is 1. The molecule has 2 N–H and O–H groups in total. The van der Waals surface area contributed by atoms with Crippen LogP contribution in [0.3, 0.4) is 0 Å². The second-order valence-electron chi connectivity index (χ2n) is 4.17. The molecule has 0 aliphatic carbocycles. The van der Waals surface area contributed by atoms with E-state index in [0.717, 1.165) is 30.9 Å². The molecular weight excluding hydrogens is 260 g/mol. The lowest BCUT2D eigenvalue weighted by atomic mass is 10.1. The molecule has 1 heterocycles. The second kappa shape index (κ2) is 7.01. The maximum absolute atomic E-state index is 10.7. The van der Waals surface area contributed by atoms with Gasteiger partial charge in [0.15, 0.2) is 5.69 Å². The minimum absolute atomic E-state index is 0.143. The molecule has 0 bridgehead atoms. The molecule has 0 amide bonds. The van der Waals surface area contributed by atoms with Crippen LogP contribution in [0.25, 0.3) is 0 Å². The average molecular weight is 276 g/mol. The van der Waals surface area contributed by atoms with Crippen molar-refractivity contribution in [3.63, 3.8) is 0 Å². The molecule has 2 rings (SSSR count). The van der Waals surface area contributed by atoms with Gasteiger partial charge in [-0.2, -0.15) is 0 Å². The van der Waals surface area contributed by atoms with E-state index in [1.54, 1.807) is 5.38 Å². The van der Waals surface area contributed by atoms with E-state index in [9.17, 15) is 4.79 Å². The predicted octanol–water partition coefficient (Wildman–Crippen LogP) is 2.22. The number of carbonyl (C=O) groups is 1. The van der Waals surface area contributed by atoms with Gasteiger partial charge in [0.25, 0.3) is 0 Å². The van der Waals surface area contributed by atoms with Gasteiger partial charge in [-0.15, -0.1) is 11.3 Å². The number of hydrogen-bond acceptors (Lipinski definition) is 4. The highest BCUT2D eigenvalue weighted by Gasteiger charge is 2.07. The summed E-state index contributed by atoms with van der Waals surface area (Å²) in [6.45, 7) is 1.74. The van der Waals surface area contributed by atoms with Crippen molar-refractivity contribution in [1.82, 2.24) is 10.3 Å². The van der Waals surface area contributed by atoms with E-state index in [1.165, 1.54) is 16.9 Å². The third kappa shape index (κ3) is 4.46. The maximum Gasteiger partial charge on any atom is 0.355 e. The van der Waals surface area contributed by atoms with Gasteiger partial charge in [-0.1, -0.05) is 30.3 Å². The molecule has 0 saturated carbocycles. The number of nitrogens with one attached hydrogen (secondary N) is 1. The first kappa shape index (κ1) is 13.7. The van der Waals surface area contributed by atoms with Crippen molar-refractivity contribution in [3.8, 4) is 0 Å². The van der Waals surface area contributed by atoms with Crippen LogP contribution in [-0.2, 0) is 12.8 Å². The molecular formula is C14H16N2O2S. The lowest BCUT2D eigenvalue weighted by Gasteiger charge is -2.03. The van der Waals surface area contributed by atoms with Crippen LogP contribution in [0.2, 0.25) is 0 Å². The monoisotopic (exact) mass is 276 g/mol. The second-order valence-corrected chi connectivity index (χ2v) is 5.11. The summed E-state index contributed by atoms with van der Waals surface area (Å²) in [5.41, 5.74) is 1.46. The van der Waals surface area contributed by atoms with Crippen LogP contribution in [0, 0.1) is 0 Å². The van der Waals surface area contributed by atoms with Gasteiger partial charge in [0.1, 0.15) is 0 Å². The van der Waals surface area contributed by atoms with Crippen molar-refractivity contribution in [2.75, 3.05) is 13.1 Å². The number of carboxylic acid groups (broad SMARTS) is 1. The Bertz CT molecular complexity index is 525. The Hall–Kier alpha value is -1.72. The molecule has 1 aromatic carbocycles. The molecule has 0 aliphatic heterocycles. The van der Waals surface area contributed by atoms with Gasteiger partial charge in [-0.25, -0.2) is 9.78 Å². The van der Waals surface area contributed by atoms with E-state index in [4.69, 9.17) is 5.11 Å². The SMILES string of the molecule is O=C(O)c1csc(CCNCCc2ccccc2)n1. The molecule has 5 heteroatoms. The van der Waals surface area contributed by atoms with Crippen molar-refractivity contribution in [2.24, 2.45) is 0 Å². The zero-order chi connectivity index (χ0) is 13.5. The number of aromatic nitrogens is 1. The van der Waals surface area contributed by atoms with Crippen molar-refractivity contribution in [3.05, 3.63) is 52.0 Å². The summed E-state index contributed by atoms with van der Waals surface area (Å²) >= 11 is 1.40. The number of thiazole rings is 1. The van der Waals surface area contributed by atoms with E-state index in [0.29, 0.717) is 0 Å². The molecule has 0 unspecified atom stereocenters. The summed E-state index contributed by atoms with van der Waals surface area (Å²) in [6.07, 6.45) is 1.77. The minimum atomic E-state index is -0.959. The number of carboxylic acids is 1. The van der Waals surface area contributed by atoms with Crippen molar-refractivity contribution < 1.29 is 9.90 Å². The summed E-state index contributed by atoms with van der Waals surface area (Å²) in [5, 5.41) is 14.6. The first-order valence-electron chi connectivity index (χ1n) is 6.18. The third-order valence-electron chi connectivity index (χ3n) is 2.72. The molecule has 1 aromatic heterocycles. The minimum Gasteiger partial charge on any atom is -0.476 e. The first-order valence-corrected chi connectivity index (χ1v) is 7.06. The highest BCUT2D eigenvalue weighted by molar-refractivity contribution is 7.09. The van der Waals surface area contributed by atoms with Crippen LogP contribution < -0.4 is 5.32 Å². The van der Waals surface area contributed by atoms with Crippen molar-refractivity contribution in [2.45, 2.75) is 12.8 Å². The zero-order valence-electron chi connectivity index (χ0n) is 10.5. The summed E-state index contributed by atoms with van der Waals surface area (Å²) in [6, 6.07) is 10.3. The molecule has 0 saturated heterocycles. The number of rotatable bonds is 7. The Morgan fingerprint density at radius 2 is 1.95 bits per heavy atom. The maximum atomic E-state index is 10.7. The fourth-order valence-electron chi connectivity index (χ4n) is 1.72. The molecule has 0 atom stereocenters. The molecule has 100 valence electrons. The topological polar surface area (TPSA) is 62.2 Å². The standard InChI is InChI=1S/C14H16N2O2S/c17-14(18)12-10-19-13(16-12)7-9-15-8-6-11-4-2-1-3-5-11/h1-5,10,15H,6-9H2,(H,17,18). The number of hydrogen-bond donors (Lipinski definition) is 2. The van der Waals surface area contributed by atoms with E-state index in [2.05, 4.69) is 22.4 Å². The summed E-state index contributed by atoms with van der Waals surface area (Å²) in [7, 11) is 0. The quantitative estimate of drug-likeness (QED) is 0.761. The van der Waals surface area contributed by atoms with E-state index >= 15 is 0 Å². The van der Waals surface area contributed by atoms with Crippen LogP contribution in [0.4, 0.5) is 0 Å². The fraction of sp³-hybridized carbons (Fsp3) is 0.286. The molecule has 2 aromatic rings. The van der Waals surface area contributed by atoms with Gasteiger partial charge in [-0.05, 0) is 18.5 Å². The van der Waals surface area contributed by atoms with Crippen LogP contribution in [0.15, 0.2) is 35.7 Å². The highest BCUT2D eigenvalue weighted by Crippen LogP contribution is 2.09. The molecule has 19 heavy (non-hydrogen) atoms. The van der Waals surface area contributed by atoms with Crippen molar-refractivity contribution >= 4 is 17.3 Å². The van der Waals surface area contributed by atoms with Crippen molar-refractivity contribution in [1.29, 1.82) is 0 Å². The first-order chi connectivity index (χ1) is 9.25. The lowest BCUT2D eigenvalue weighted by Crippen LogP contribution is -2.20. The van der Waals surface area contributed by atoms with E-state index < -0.39 is 5.97 Å². The Kier molecular flexibility index (Phi) is 5.06. The van der Waals surface area contributed by atoms with Gasteiger partial charge in [0.05, 0.1) is 5.01 Å². The van der Waals surface area contributed by atoms with Gasteiger partial charge < -0.3 is 10.4 Å². The summed E-state index contributed by atoms with van der Waals surface area (Å²) in [5.74, 6) is -0.959. The third-order valence-corrected chi connectivity index (χ3v) is 3.63. The van der Waals surface area contributed by atoms with Crippen LogP contribution in [0.1, 0.15) is 21.1 Å². The largest absolute Gasteiger partial charge is 0.476 e. The molecule has 0 spiro atoms. The molecule has 0 fully saturated rings. The van der Waals surface area contributed by atoms with Crippen LogP contribution in [0.5, 0.6) is 0 Å². The smallest absolute Gasteiger partial charge is 0.355 e. The zero-order valence-corrected chi connectivity index (χ0v) is 11.3. The Morgan fingerprint density at radius 3 is 2.63 bits per heavy atom. The lowest BCUT2D eigenvalue weighted by molar-refractivity contribution is 0.0691. The van der Waals surface area contributed by atoms with Gasteiger partial charge in [0, 0.05) is 18.3 Å². The molecule has 0 aliphatic rings. The summed E-state index contributed by atoms with van der Waals surface area (Å²) in [4.78, 5) is 14.7. The fourth-order valence-corrected chi connectivity index (χ4v) is 2.49. The van der Waals surface area contributed by atoms with Crippen LogP contribution >= 0.6 is 11.3 Å². The number of aromatic carboxylic acids is 1. The molecule has 0 radical (unpaired) electrons. The number of nitrogens with zero attached hydrogens (tertiary/aromatic N) is 1. The molecule has 4 nitrogen and oxygen atoms in total. The Morgan fingerprint density at radius 1 is 1.21 bits per heavy atom. The average Bonchev–Trinajstić information content (AvgIpc) is 2.89.